The van der Waals surface area contributed by atoms with Crippen molar-refractivity contribution < 1.29 is 28.8 Å². The van der Waals surface area contributed by atoms with Gasteiger partial charge in [-0.25, -0.2) is 9.78 Å². The van der Waals surface area contributed by atoms with Crippen molar-refractivity contribution in [3.05, 3.63) is 12.7 Å². The predicted octanol–water partition coefficient (Wildman–Crippen LogP) is 0.615. The van der Waals surface area contributed by atoms with Crippen LogP contribution in [0.25, 0.3) is 0 Å². The van der Waals surface area contributed by atoms with E-state index in [4.69, 9.17) is 9.78 Å². The molecule has 0 aliphatic rings. The summed E-state index contributed by atoms with van der Waals surface area (Å²) in [7, 11) is 2.50. The molecule has 0 saturated heterocycles. The summed E-state index contributed by atoms with van der Waals surface area (Å²) in [5.41, 5.74) is 0. The summed E-state index contributed by atoms with van der Waals surface area (Å²) >= 11 is 0. The lowest BCUT2D eigenvalue weighted by molar-refractivity contribution is -0.317. The summed E-state index contributed by atoms with van der Waals surface area (Å²) in [5.74, 6) is -0.979. The van der Waals surface area contributed by atoms with E-state index in [1.54, 1.807) is 0 Å². The number of hydrogen-bond acceptors (Lipinski definition) is 6. The van der Waals surface area contributed by atoms with E-state index in [1.165, 1.54) is 20.3 Å². The standard InChI is InChI=1S/C10H16O6/c1-4-5-15-16-8(6-9(11)13-2)7-10(12)14-3/h4,8H,1,5-7H2,2-3H3. The maximum atomic E-state index is 11.0. The first-order chi connectivity index (χ1) is 7.63. The zero-order chi connectivity index (χ0) is 12.4. The van der Waals surface area contributed by atoms with Crippen LogP contribution in [0.4, 0.5) is 0 Å². The summed E-state index contributed by atoms with van der Waals surface area (Å²) in [6, 6.07) is 0. The molecule has 0 unspecified atom stereocenters. The van der Waals surface area contributed by atoms with Crippen LogP contribution >= 0.6 is 0 Å². The molecule has 16 heavy (non-hydrogen) atoms. The SMILES string of the molecule is C=CCOOC(CC(=O)OC)CC(=O)OC. The lowest BCUT2D eigenvalue weighted by Crippen LogP contribution is -2.23. The number of esters is 2. The molecule has 0 heterocycles. The zero-order valence-corrected chi connectivity index (χ0v) is 9.43. The maximum Gasteiger partial charge on any atom is 0.308 e. The van der Waals surface area contributed by atoms with Crippen LogP contribution < -0.4 is 0 Å². The molecule has 0 aliphatic heterocycles. The molecule has 6 heteroatoms. The normalized spacial score (nSPS) is 9.94. The Morgan fingerprint density at radius 3 is 2.06 bits per heavy atom. The zero-order valence-electron chi connectivity index (χ0n) is 9.43. The Kier molecular flexibility index (Phi) is 8.10. The molecule has 0 aromatic heterocycles. The average molecular weight is 232 g/mol. The van der Waals surface area contributed by atoms with Gasteiger partial charge >= 0.3 is 11.9 Å². The van der Waals surface area contributed by atoms with Crippen molar-refractivity contribution in [3.8, 4) is 0 Å². The smallest absolute Gasteiger partial charge is 0.308 e. The third kappa shape index (κ3) is 6.97. The number of ether oxygens (including phenoxy) is 2. The first-order valence-electron chi connectivity index (χ1n) is 4.66. The number of carbonyl (C=O) groups is 2. The summed E-state index contributed by atoms with van der Waals surface area (Å²) in [6.07, 6.45) is 0.596. The summed E-state index contributed by atoms with van der Waals surface area (Å²) in [4.78, 5) is 31.5. The number of methoxy groups -OCH3 is 2. The lowest BCUT2D eigenvalue weighted by atomic mass is 10.2. The number of hydrogen-bond donors (Lipinski definition) is 0. The van der Waals surface area contributed by atoms with E-state index < -0.39 is 18.0 Å². The molecule has 0 N–H and O–H groups in total. The van der Waals surface area contributed by atoms with Crippen LogP contribution in [0.1, 0.15) is 12.8 Å². The fraction of sp³-hybridized carbons (Fsp3) is 0.600. The second kappa shape index (κ2) is 8.87. The highest BCUT2D eigenvalue weighted by atomic mass is 17.2. The number of carbonyl (C=O) groups excluding carboxylic acids is 2. The molecule has 0 rings (SSSR count). The Hall–Kier alpha value is -1.40. The Bertz CT molecular complexity index is 219. The van der Waals surface area contributed by atoms with Crippen LogP contribution in [-0.2, 0) is 28.8 Å². The van der Waals surface area contributed by atoms with Crippen LogP contribution in [0.3, 0.4) is 0 Å². The minimum absolute atomic E-state index is 0.0806. The average Bonchev–Trinajstić information content (AvgIpc) is 2.28. The fourth-order valence-corrected chi connectivity index (χ4v) is 0.862. The molecule has 0 saturated carbocycles. The van der Waals surface area contributed by atoms with Gasteiger partial charge in [0.2, 0.25) is 0 Å². The van der Waals surface area contributed by atoms with Gasteiger partial charge in [-0.05, 0) is 0 Å². The van der Waals surface area contributed by atoms with Crippen molar-refractivity contribution in [2.45, 2.75) is 18.9 Å². The Morgan fingerprint density at radius 1 is 1.19 bits per heavy atom. The molecule has 0 spiro atoms. The topological polar surface area (TPSA) is 71.1 Å². The quantitative estimate of drug-likeness (QED) is 0.201. The van der Waals surface area contributed by atoms with Crippen LogP contribution in [-0.4, -0.2) is 38.9 Å². The minimum Gasteiger partial charge on any atom is -0.469 e. The van der Waals surface area contributed by atoms with E-state index in [-0.39, 0.29) is 19.4 Å². The molecule has 0 fully saturated rings. The molecule has 0 aliphatic carbocycles. The second-order valence-electron chi connectivity index (χ2n) is 2.85. The van der Waals surface area contributed by atoms with Gasteiger partial charge in [0.25, 0.3) is 0 Å². The minimum atomic E-state index is -0.722. The molecular weight excluding hydrogens is 216 g/mol. The molecular formula is C10H16O6. The van der Waals surface area contributed by atoms with E-state index in [1.807, 2.05) is 0 Å². The predicted molar refractivity (Wildman–Crippen MR) is 54.3 cm³/mol. The van der Waals surface area contributed by atoms with Gasteiger partial charge in [-0.15, -0.1) is 6.58 Å². The highest BCUT2D eigenvalue weighted by molar-refractivity contribution is 5.73. The third-order valence-corrected chi connectivity index (χ3v) is 1.63. The van der Waals surface area contributed by atoms with Crippen molar-refractivity contribution in [1.82, 2.24) is 0 Å². The van der Waals surface area contributed by atoms with Crippen LogP contribution in [0.5, 0.6) is 0 Å². The molecule has 0 atom stereocenters. The van der Waals surface area contributed by atoms with Gasteiger partial charge in [-0.1, -0.05) is 6.08 Å². The molecule has 0 aromatic carbocycles. The largest absolute Gasteiger partial charge is 0.469 e. The van der Waals surface area contributed by atoms with Crippen molar-refractivity contribution in [2.75, 3.05) is 20.8 Å². The van der Waals surface area contributed by atoms with Gasteiger partial charge in [0.15, 0.2) is 0 Å². The highest BCUT2D eigenvalue weighted by Crippen LogP contribution is 2.07. The van der Waals surface area contributed by atoms with E-state index in [0.29, 0.717) is 0 Å². The summed E-state index contributed by atoms with van der Waals surface area (Å²) in [5, 5.41) is 0. The Balaban J connectivity index is 4.09. The molecule has 0 amide bonds. The fourth-order valence-electron chi connectivity index (χ4n) is 0.862. The molecule has 0 bridgehead atoms. The van der Waals surface area contributed by atoms with Crippen molar-refractivity contribution >= 4 is 11.9 Å². The Labute approximate surface area is 94.0 Å². The second-order valence-corrected chi connectivity index (χ2v) is 2.85. The molecule has 6 nitrogen and oxygen atoms in total. The van der Waals surface area contributed by atoms with Gasteiger partial charge in [0.05, 0.1) is 27.1 Å². The van der Waals surface area contributed by atoms with E-state index in [9.17, 15) is 9.59 Å². The van der Waals surface area contributed by atoms with Crippen molar-refractivity contribution in [2.24, 2.45) is 0 Å². The van der Waals surface area contributed by atoms with Gasteiger partial charge in [0.1, 0.15) is 12.7 Å². The van der Waals surface area contributed by atoms with Gasteiger partial charge in [-0.2, -0.15) is 0 Å². The molecule has 92 valence electrons. The lowest BCUT2D eigenvalue weighted by Gasteiger charge is -2.13. The highest BCUT2D eigenvalue weighted by Gasteiger charge is 2.20. The van der Waals surface area contributed by atoms with E-state index >= 15 is 0 Å². The summed E-state index contributed by atoms with van der Waals surface area (Å²) < 4.78 is 8.91. The van der Waals surface area contributed by atoms with E-state index in [0.717, 1.165) is 0 Å². The van der Waals surface area contributed by atoms with Crippen LogP contribution in [0, 0.1) is 0 Å². The van der Waals surface area contributed by atoms with Gasteiger partial charge in [-0.3, -0.25) is 9.59 Å². The monoisotopic (exact) mass is 232 g/mol. The summed E-state index contributed by atoms with van der Waals surface area (Å²) in [6.45, 7) is 3.59. The van der Waals surface area contributed by atoms with Gasteiger partial charge in [0, 0.05) is 0 Å². The van der Waals surface area contributed by atoms with E-state index in [2.05, 4.69) is 16.1 Å². The van der Waals surface area contributed by atoms with Crippen LogP contribution in [0.15, 0.2) is 12.7 Å². The molecule has 0 radical (unpaired) electrons. The Morgan fingerprint density at radius 2 is 1.69 bits per heavy atom. The maximum absolute atomic E-state index is 11.0. The van der Waals surface area contributed by atoms with Crippen LogP contribution in [0.2, 0.25) is 0 Å². The van der Waals surface area contributed by atoms with Gasteiger partial charge < -0.3 is 9.47 Å². The third-order valence-electron chi connectivity index (χ3n) is 1.63. The molecule has 0 aromatic rings. The first-order valence-corrected chi connectivity index (χ1v) is 4.66. The van der Waals surface area contributed by atoms with Crippen molar-refractivity contribution in [1.29, 1.82) is 0 Å². The van der Waals surface area contributed by atoms with Crippen molar-refractivity contribution in [3.63, 3.8) is 0 Å². The first kappa shape index (κ1) is 14.6. The number of rotatable bonds is 8.